The molecule has 0 unspecified atom stereocenters. The standard InChI is InChI=1S/C27H27FN2O3/c28-24-14-13-20(22-3-1-2-4-23(22)24)16-7-9-18(10-8-16)26(31)25-21(17-5-6-17)12-11-19(30-25)15-29-27(32)33/h1-4,11-14,16-18,29H,5-10,15H2,(H,32,33). The van der Waals surface area contributed by atoms with E-state index in [1.54, 1.807) is 6.07 Å². The number of Topliss-reactive ketones (excluding diaryl/α,β-unsaturated/α-hetero) is 1. The highest BCUT2D eigenvalue weighted by Crippen LogP contribution is 2.44. The second kappa shape index (κ2) is 8.93. The van der Waals surface area contributed by atoms with Crippen LogP contribution >= 0.6 is 0 Å². The van der Waals surface area contributed by atoms with E-state index < -0.39 is 6.09 Å². The number of ketones is 1. The third-order valence-electron chi connectivity index (χ3n) is 7.10. The monoisotopic (exact) mass is 446 g/mol. The third-order valence-corrected chi connectivity index (χ3v) is 7.10. The summed E-state index contributed by atoms with van der Waals surface area (Å²) in [6.07, 6.45) is 4.34. The minimum absolute atomic E-state index is 0.0801. The molecule has 33 heavy (non-hydrogen) atoms. The molecule has 0 radical (unpaired) electrons. The molecule has 6 heteroatoms. The van der Waals surface area contributed by atoms with Gasteiger partial charge in [-0.2, -0.15) is 0 Å². The highest BCUT2D eigenvalue weighted by molar-refractivity contribution is 5.98. The van der Waals surface area contributed by atoms with Crippen molar-refractivity contribution in [2.45, 2.75) is 56.9 Å². The summed E-state index contributed by atoms with van der Waals surface area (Å²) in [7, 11) is 0. The first-order valence-electron chi connectivity index (χ1n) is 11.7. The summed E-state index contributed by atoms with van der Waals surface area (Å²) < 4.78 is 14.2. The van der Waals surface area contributed by atoms with Crippen LogP contribution in [0.5, 0.6) is 0 Å². The summed E-state index contributed by atoms with van der Waals surface area (Å²) in [6.45, 7) is 0.0882. The summed E-state index contributed by atoms with van der Waals surface area (Å²) in [5, 5.41) is 12.8. The van der Waals surface area contributed by atoms with Gasteiger partial charge >= 0.3 is 6.09 Å². The fourth-order valence-corrected chi connectivity index (χ4v) is 5.20. The van der Waals surface area contributed by atoms with E-state index in [9.17, 15) is 14.0 Å². The minimum Gasteiger partial charge on any atom is -0.465 e. The van der Waals surface area contributed by atoms with Gasteiger partial charge in [0.05, 0.1) is 12.2 Å². The molecule has 2 aliphatic carbocycles. The summed E-state index contributed by atoms with van der Waals surface area (Å²) >= 11 is 0. The van der Waals surface area contributed by atoms with Crippen molar-refractivity contribution < 1.29 is 19.1 Å². The number of amides is 1. The van der Waals surface area contributed by atoms with Crippen molar-refractivity contribution in [3.8, 4) is 0 Å². The lowest BCUT2D eigenvalue weighted by molar-refractivity contribution is 0.0877. The van der Waals surface area contributed by atoms with Gasteiger partial charge < -0.3 is 10.4 Å². The average Bonchev–Trinajstić information content (AvgIpc) is 3.68. The van der Waals surface area contributed by atoms with Crippen LogP contribution < -0.4 is 5.32 Å². The van der Waals surface area contributed by atoms with Crippen molar-refractivity contribution in [1.82, 2.24) is 10.3 Å². The Kier molecular flexibility index (Phi) is 5.83. The van der Waals surface area contributed by atoms with Crippen molar-refractivity contribution in [3.05, 3.63) is 76.9 Å². The molecule has 0 bridgehead atoms. The van der Waals surface area contributed by atoms with Gasteiger partial charge in [0.15, 0.2) is 5.78 Å². The molecule has 1 amide bonds. The number of hydrogen-bond donors (Lipinski definition) is 2. The average molecular weight is 447 g/mol. The van der Waals surface area contributed by atoms with Crippen LogP contribution in [0.1, 0.15) is 77.7 Å². The van der Waals surface area contributed by atoms with Crippen molar-refractivity contribution in [1.29, 1.82) is 0 Å². The predicted octanol–water partition coefficient (Wildman–Crippen LogP) is 6.18. The van der Waals surface area contributed by atoms with Crippen LogP contribution in [0.15, 0.2) is 48.5 Å². The normalized spacial score (nSPS) is 20.5. The first-order chi connectivity index (χ1) is 16.0. The Morgan fingerprint density at radius 1 is 0.879 bits per heavy atom. The number of halogens is 1. The van der Waals surface area contributed by atoms with Crippen LogP contribution in [0.4, 0.5) is 9.18 Å². The molecule has 5 nitrogen and oxygen atoms in total. The zero-order valence-electron chi connectivity index (χ0n) is 18.4. The van der Waals surface area contributed by atoms with Crippen molar-refractivity contribution >= 4 is 22.6 Å². The highest BCUT2D eigenvalue weighted by atomic mass is 19.1. The van der Waals surface area contributed by atoms with Gasteiger partial charge in [-0.1, -0.05) is 36.4 Å². The molecule has 2 fully saturated rings. The lowest BCUT2D eigenvalue weighted by Gasteiger charge is -2.29. The Hall–Kier alpha value is -3.28. The van der Waals surface area contributed by atoms with Crippen molar-refractivity contribution in [2.75, 3.05) is 0 Å². The van der Waals surface area contributed by atoms with Crippen LogP contribution in [-0.4, -0.2) is 22.0 Å². The SMILES string of the molecule is O=C(O)NCc1ccc(C2CC2)c(C(=O)C2CCC(c3ccc(F)c4ccccc34)CC2)n1. The molecule has 5 rings (SSSR count). The van der Waals surface area contributed by atoms with Crippen LogP contribution in [-0.2, 0) is 6.54 Å². The molecule has 2 aromatic carbocycles. The number of carboxylic acid groups (broad SMARTS) is 1. The largest absolute Gasteiger partial charge is 0.465 e. The zero-order valence-corrected chi connectivity index (χ0v) is 18.4. The van der Waals surface area contributed by atoms with Crippen LogP contribution in [0.25, 0.3) is 10.8 Å². The molecule has 1 aromatic heterocycles. The van der Waals surface area contributed by atoms with E-state index in [1.165, 1.54) is 0 Å². The van der Waals surface area contributed by atoms with Gasteiger partial charge in [-0.05, 0) is 79.0 Å². The quantitative estimate of drug-likeness (QED) is 0.444. The molecule has 1 heterocycles. The van der Waals surface area contributed by atoms with Crippen LogP contribution in [0.2, 0.25) is 0 Å². The molecule has 0 saturated heterocycles. The van der Waals surface area contributed by atoms with Gasteiger partial charge in [-0.3, -0.25) is 4.79 Å². The summed E-state index contributed by atoms with van der Waals surface area (Å²) in [5.74, 6) is 0.493. The number of hydrogen-bond acceptors (Lipinski definition) is 3. The van der Waals surface area contributed by atoms with E-state index in [-0.39, 0.29) is 24.1 Å². The Balaban J connectivity index is 1.33. The van der Waals surface area contributed by atoms with E-state index in [0.29, 0.717) is 28.6 Å². The van der Waals surface area contributed by atoms with Gasteiger partial charge in [0.25, 0.3) is 0 Å². The Morgan fingerprint density at radius 3 is 2.21 bits per heavy atom. The maximum Gasteiger partial charge on any atom is 0.404 e. The molecular formula is C27H27FN2O3. The zero-order chi connectivity index (χ0) is 22.9. The molecule has 2 N–H and O–H groups in total. The fraction of sp³-hybridized carbons (Fsp3) is 0.370. The topological polar surface area (TPSA) is 79.3 Å². The number of carbonyl (C=O) groups is 2. The first-order valence-corrected chi connectivity index (χ1v) is 11.7. The van der Waals surface area contributed by atoms with Gasteiger partial charge in [0.2, 0.25) is 0 Å². The fourth-order valence-electron chi connectivity index (χ4n) is 5.20. The van der Waals surface area contributed by atoms with E-state index >= 15 is 0 Å². The van der Waals surface area contributed by atoms with Crippen LogP contribution in [0.3, 0.4) is 0 Å². The van der Waals surface area contributed by atoms with Gasteiger partial charge in [-0.25, -0.2) is 14.2 Å². The van der Waals surface area contributed by atoms with E-state index in [0.717, 1.165) is 55.0 Å². The van der Waals surface area contributed by atoms with Gasteiger partial charge in [0, 0.05) is 11.3 Å². The number of pyridine rings is 1. The van der Waals surface area contributed by atoms with Crippen LogP contribution in [0, 0.1) is 11.7 Å². The number of aromatic nitrogens is 1. The Morgan fingerprint density at radius 2 is 1.52 bits per heavy atom. The third kappa shape index (κ3) is 4.47. The summed E-state index contributed by atoms with van der Waals surface area (Å²) in [5.41, 5.74) is 3.26. The number of nitrogens with one attached hydrogen (secondary N) is 1. The molecule has 0 aliphatic heterocycles. The number of carbonyl (C=O) groups excluding carboxylic acids is 1. The number of fused-ring (bicyclic) bond motifs is 1. The minimum atomic E-state index is -1.11. The highest BCUT2D eigenvalue weighted by Gasteiger charge is 2.34. The van der Waals surface area contributed by atoms with Gasteiger partial charge in [-0.15, -0.1) is 0 Å². The molecule has 170 valence electrons. The van der Waals surface area contributed by atoms with Crippen molar-refractivity contribution in [3.63, 3.8) is 0 Å². The smallest absolute Gasteiger partial charge is 0.404 e. The molecule has 0 atom stereocenters. The molecular weight excluding hydrogens is 419 g/mol. The maximum absolute atomic E-state index is 14.2. The van der Waals surface area contributed by atoms with Gasteiger partial charge in [0.1, 0.15) is 11.5 Å². The molecule has 3 aromatic rings. The lowest BCUT2D eigenvalue weighted by atomic mass is 9.75. The Bertz CT molecular complexity index is 1210. The lowest BCUT2D eigenvalue weighted by Crippen LogP contribution is -2.25. The number of benzene rings is 2. The molecule has 0 spiro atoms. The van der Waals surface area contributed by atoms with E-state index in [4.69, 9.17) is 5.11 Å². The summed E-state index contributed by atoms with van der Waals surface area (Å²) in [6, 6.07) is 14.8. The predicted molar refractivity (Wildman–Crippen MR) is 124 cm³/mol. The maximum atomic E-state index is 14.2. The first kappa shape index (κ1) is 21.6. The second-order valence-electron chi connectivity index (χ2n) is 9.27. The Labute approximate surface area is 192 Å². The second-order valence-corrected chi connectivity index (χ2v) is 9.27. The number of rotatable bonds is 6. The van der Waals surface area contributed by atoms with E-state index in [2.05, 4.69) is 10.3 Å². The van der Waals surface area contributed by atoms with Crippen molar-refractivity contribution in [2.24, 2.45) is 5.92 Å². The molecule has 2 saturated carbocycles. The summed E-state index contributed by atoms with van der Waals surface area (Å²) in [4.78, 5) is 28.9. The van der Waals surface area contributed by atoms with E-state index in [1.807, 2.05) is 42.5 Å². The number of nitrogens with zero attached hydrogens (tertiary/aromatic N) is 1. The molecule has 2 aliphatic rings.